The molecule has 25 heavy (non-hydrogen) atoms. The van der Waals surface area contributed by atoms with Crippen molar-refractivity contribution in [3.63, 3.8) is 0 Å². The highest BCUT2D eigenvalue weighted by atomic mass is 32.2. The number of nitrogens with one attached hydrogen (secondary N) is 1. The number of thiophene rings is 1. The topological polar surface area (TPSA) is 66.5 Å². The molecule has 0 aromatic carbocycles. The molecule has 1 aliphatic carbocycles. The van der Waals surface area contributed by atoms with Crippen LogP contribution in [-0.4, -0.2) is 37.8 Å². The predicted octanol–water partition coefficient (Wildman–Crippen LogP) is 3.38. The van der Waals surface area contributed by atoms with E-state index in [0.29, 0.717) is 23.7 Å². The lowest BCUT2D eigenvalue weighted by Gasteiger charge is -2.34. The van der Waals surface area contributed by atoms with Crippen LogP contribution in [0.1, 0.15) is 57.8 Å². The second-order valence-corrected chi connectivity index (χ2v) is 10.2. The van der Waals surface area contributed by atoms with Crippen molar-refractivity contribution >= 4 is 27.3 Å². The van der Waals surface area contributed by atoms with Crippen LogP contribution in [0, 0.1) is 5.92 Å². The number of carbonyl (C=O) groups excluding carboxylic acids is 1. The number of sulfonamides is 1. The molecule has 2 fully saturated rings. The van der Waals surface area contributed by atoms with Gasteiger partial charge >= 0.3 is 0 Å². The van der Waals surface area contributed by atoms with Gasteiger partial charge in [0, 0.05) is 25.0 Å². The van der Waals surface area contributed by atoms with Crippen LogP contribution in [0.4, 0.5) is 0 Å². The van der Waals surface area contributed by atoms with Gasteiger partial charge in [-0.25, -0.2) is 8.42 Å². The molecular weight excluding hydrogens is 356 g/mol. The molecule has 0 spiro atoms. The molecule has 1 N–H and O–H groups in total. The Morgan fingerprint density at radius 3 is 2.64 bits per heavy atom. The van der Waals surface area contributed by atoms with Crippen molar-refractivity contribution < 1.29 is 13.2 Å². The van der Waals surface area contributed by atoms with Gasteiger partial charge in [-0.1, -0.05) is 31.7 Å². The third kappa shape index (κ3) is 4.63. The fourth-order valence-electron chi connectivity index (χ4n) is 3.98. The number of amides is 1. The molecule has 1 saturated heterocycles. The Balaban J connectivity index is 1.55. The smallest absolute Gasteiger partial charge is 0.252 e. The van der Waals surface area contributed by atoms with Crippen LogP contribution in [0.2, 0.25) is 0 Å². The number of carbonyl (C=O) groups is 1. The van der Waals surface area contributed by atoms with Crippen LogP contribution < -0.4 is 5.32 Å². The second-order valence-electron chi connectivity index (χ2n) is 7.11. The molecule has 1 unspecified atom stereocenters. The molecule has 3 rings (SSSR count). The lowest BCUT2D eigenvalue weighted by molar-refractivity contribution is -0.125. The predicted molar refractivity (Wildman–Crippen MR) is 100 cm³/mol. The maximum Gasteiger partial charge on any atom is 0.252 e. The number of hydrogen-bond donors (Lipinski definition) is 1. The number of piperidine rings is 1. The number of rotatable bonds is 6. The van der Waals surface area contributed by atoms with E-state index in [4.69, 9.17) is 0 Å². The number of hydrogen-bond acceptors (Lipinski definition) is 4. The Bertz CT molecular complexity index is 652. The molecule has 0 radical (unpaired) electrons. The summed E-state index contributed by atoms with van der Waals surface area (Å²) in [7, 11) is -3.40. The van der Waals surface area contributed by atoms with E-state index in [1.165, 1.54) is 17.8 Å². The molecule has 140 valence electrons. The first kappa shape index (κ1) is 18.9. The Kier molecular flexibility index (Phi) is 6.52. The first-order valence-corrected chi connectivity index (χ1v) is 11.7. The van der Waals surface area contributed by atoms with Crippen LogP contribution in [-0.2, 0) is 14.8 Å². The minimum Gasteiger partial charge on any atom is -0.356 e. The lowest BCUT2D eigenvalue weighted by atomic mass is 9.88. The highest BCUT2D eigenvalue weighted by molar-refractivity contribution is 7.91. The Labute approximate surface area is 154 Å². The van der Waals surface area contributed by atoms with Crippen molar-refractivity contribution in [3.05, 3.63) is 17.5 Å². The highest BCUT2D eigenvalue weighted by Gasteiger charge is 2.34. The van der Waals surface area contributed by atoms with E-state index in [1.54, 1.807) is 21.8 Å². The van der Waals surface area contributed by atoms with E-state index < -0.39 is 10.0 Å². The molecule has 2 aliphatic rings. The molecule has 1 aliphatic heterocycles. The SMILES string of the molecule is O=C(NCCC1CCCCN1S(=O)(=O)c1cccs1)C1CCCCC1. The standard InChI is InChI=1S/C18H28N2O3S2/c21-18(15-7-2-1-3-8-15)19-12-11-16-9-4-5-13-20(16)25(22,23)17-10-6-14-24-17/h6,10,14-16H,1-5,7-9,11-13H2,(H,19,21). The van der Waals surface area contributed by atoms with E-state index in [9.17, 15) is 13.2 Å². The second kappa shape index (κ2) is 8.64. The highest BCUT2D eigenvalue weighted by Crippen LogP contribution is 2.29. The molecule has 1 amide bonds. The molecule has 1 saturated carbocycles. The first-order chi connectivity index (χ1) is 12.1. The van der Waals surface area contributed by atoms with Crippen LogP contribution >= 0.6 is 11.3 Å². The molecule has 0 bridgehead atoms. The lowest BCUT2D eigenvalue weighted by Crippen LogP contribution is -2.45. The fraction of sp³-hybridized carbons (Fsp3) is 0.722. The summed E-state index contributed by atoms with van der Waals surface area (Å²) in [5.41, 5.74) is 0. The summed E-state index contributed by atoms with van der Waals surface area (Å²) in [5, 5.41) is 4.85. The zero-order valence-corrected chi connectivity index (χ0v) is 16.3. The average molecular weight is 385 g/mol. The van der Waals surface area contributed by atoms with Gasteiger partial charge < -0.3 is 5.32 Å². The Hall–Kier alpha value is -0.920. The van der Waals surface area contributed by atoms with Crippen LogP contribution in [0.25, 0.3) is 0 Å². The Morgan fingerprint density at radius 2 is 1.92 bits per heavy atom. The zero-order valence-electron chi connectivity index (χ0n) is 14.7. The van der Waals surface area contributed by atoms with Gasteiger partial charge in [0.15, 0.2) is 0 Å². The van der Waals surface area contributed by atoms with Gasteiger partial charge in [0.1, 0.15) is 4.21 Å². The Morgan fingerprint density at radius 1 is 1.16 bits per heavy atom. The third-order valence-electron chi connectivity index (χ3n) is 5.38. The van der Waals surface area contributed by atoms with E-state index in [-0.39, 0.29) is 17.9 Å². The first-order valence-electron chi connectivity index (χ1n) is 9.42. The van der Waals surface area contributed by atoms with Crippen molar-refractivity contribution in [2.75, 3.05) is 13.1 Å². The summed E-state index contributed by atoms with van der Waals surface area (Å²) in [6, 6.07) is 3.45. The van der Waals surface area contributed by atoms with E-state index in [0.717, 1.165) is 44.9 Å². The van der Waals surface area contributed by atoms with Gasteiger partial charge in [-0.2, -0.15) is 4.31 Å². The molecular formula is C18H28N2O3S2. The normalized spacial score (nSPS) is 23.4. The van der Waals surface area contributed by atoms with Gasteiger partial charge in [0.25, 0.3) is 10.0 Å². The monoisotopic (exact) mass is 384 g/mol. The summed E-state index contributed by atoms with van der Waals surface area (Å²) >= 11 is 1.27. The van der Waals surface area contributed by atoms with Crippen molar-refractivity contribution in [3.8, 4) is 0 Å². The van der Waals surface area contributed by atoms with Crippen molar-refractivity contribution in [1.29, 1.82) is 0 Å². The van der Waals surface area contributed by atoms with Crippen LogP contribution in [0.3, 0.4) is 0 Å². The fourth-order valence-corrected chi connectivity index (χ4v) is 6.82. The van der Waals surface area contributed by atoms with Gasteiger partial charge in [-0.3, -0.25) is 4.79 Å². The van der Waals surface area contributed by atoms with E-state index >= 15 is 0 Å². The van der Waals surface area contributed by atoms with Gasteiger partial charge in [-0.15, -0.1) is 11.3 Å². The third-order valence-corrected chi connectivity index (χ3v) is 8.71. The molecule has 1 aromatic rings. The quantitative estimate of drug-likeness (QED) is 0.818. The minimum atomic E-state index is -3.40. The zero-order chi connectivity index (χ0) is 17.7. The minimum absolute atomic E-state index is 0.00694. The van der Waals surface area contributed by atoms with Crippen LogP contribution in [0.5, 0.6) is 0 Å². The van der Waals surface area contributed by atoms with E-state index in [1.807, 2.05) is 0 Å². The average Bonchev–Trinajstić information content (AvgIpc) is 3.18. The molecule has 2 heterocycles. The molecule has 5 nitrogen and oxygen atoms in total. The maximum atomic E-state index is 12.9. The largest absolute Gasteiger partial charge is 0.356 e. The van der Waals surface area contributed by atoms with Crippen molar-refractivity contribution in [1.82, 2.24) is 9.62 Å². The van der Waals surface area contributed by atoms with Crippen molar-refractivity contribution in [2.45, 2.75) is 68.0 Å². The van der Waals surface area contributed by atoms with Gasteiger partial charge in [-0.05, 0) is 43.6 Å². The summed E-state index contributed by atoms with van der Waals surface area (Å²) in [6.07, 6.45) is 9.06. The molecule has 1 aromatic heterocycles. The molecule has 7 heteroatoms. The van der Waals surface area contributed by atoms with Gasteiger partial charge in [0.05, 0.1) is 0 Å². The summed E-state index contributed by atoms with van der Waals surface area (Å²) in [6.45, 7) is 1.15. The number of nitrogens with zero attached hydrogens (tertiary/aromatic N) is 1. The molecule has 1 atom stereocenters. The summed E-state index contributed by atoms with van der Waals surface area (Å²) < 4.78 is 27.8. The van der Waals surface area contributed by atoms with Crippen LogP contribution in [0.15, 0.2) is 21.7 Å². The van der Waals surface area contributed by atoms with Crippen molar-refractivity contribution in [2.24, 2.45) is 5.92 Å². The summed E-state index contributed by atoms with van der Waals surface area (Å²) in [5.74, 6) is 0.314. The van der Waals surface area contributed by atoms with Gasteiger partial charge in [0.2, 0.25) is 5.91 Å². The van der Waals surface area contributed by atoms with E-state index in [2.05, 4.69) is 5.32 Å². The summed E-state index contributed by atoms with van der Waals surface area (Å²) in [4.78, 5) is 12.3. The maximum absolute atomic E-state index is 12.9.